The van der Waals surface area contributed by atoms with Crippen LogP contribution in [0.1, 0.15) is 6.42 Å². The lowest BCUT2D eigenvalue weighted by atomic mass is 10.1. The number of aliphatic hydroxyl groups excluding tert-OH is 1. The molecule has 100 valence electrons. The van der Waals surface area contributed by atoms with Crippen molar-refractivity contribution in [3.8, 4) is 5.75 Å². The summed E-state index contributed by atoms with van der Waals surface area (Å²) in [6, 6.07) is 5.93. The lowest BCUT2D eigenvalue weighted by Crippen LogP contribution is -2.54. The number of benzene rings is 1. The van der Waals surface area contributed by atoms with Crippen LogP contribution in [0.15, 0.2) is 24.3 Å². The van der Waals surface area contributed by atoms with Gasteiger partial charge in [-0.05, 0) is 30.7 Å². The Morgan fingerprint density at radius 2 is 2.06 bits per heavy atom. The van der Waals surface area contributed by atoms with Crippen LogP contribution in [0.25, 0.3) is 0 Å². The number of halogens is 1. The third kappa shape index (κ3) is 3.66. The van der Waals surface area contributed by atoms with Crippen molar-refractivity contribution in [1.82, 2.24) is 4.90 Å². The van der Waals surface area contributed by atoms with Crippen molar-refractivity contribution in [2.24, 2.45) is 5.73 Å². The number of nitrogens with two attached hydrogens (primary N) is 1. The van der Waals surface area contributed by atoms with Crippen molar-refractivity contribution in [1.29, 1.82) is 0 Å². The zero-order valence-corrected chi connectivity index (χ0v) is 10.3. The van der Waals surface area contributed by atoms with E-state index in [0.717, 1.165) is 26.1 Å². The Kier molecular flexibility index (Phi) is 4.52. The highest BCUT2D eigenvalue weighted by Gasteiger charge is 2.28. The van der Waals surface area contributed by atoms with Gasteiger partial charge in [0.05, 0.1) is 6.61 Å². The van der Waals surface area contributed by atoms with Crippen LogP contribution in [0.4, 0.5) is 4.39 Å². The number of ether oxygens (including phenoxy) is 1. The molecule has 1 saturated heterocycles. The highest BCUT2D eigenvalue weighted by atomic mass is 19.1. The smallest absolute Gasteiger partial charge is 0.124 e. The van der Waals surface area contributed by atoms with Gasteiger partial charge >= 0.3 is 0 Å². The average Bonchev–Trinajstić information content (AvgIpc) is 2.33. The Hall–Kier alpha value is -1.17. The molecule has 0 spiro atoms. The number of rotatable bonds is 6. The van der Waals surface area contributed by atoms with Gasteiger partial charge in [-0.15, -0.1) is 0 Å². The molecule has 1 heterocycles. The van der Waals surface area contributed by atoms with E-state index in [1.54, 1.807) is 12.1 Å². The number of hydrogen-bond acceptors (Lipinski definition) is 4. The van der Waals surface area contributed by atoms with Crippen molar-refractivity contribution in [2.75, 3.05) is 26.2 Å². The predicted octanol–water partition coefficient (Wildman–Crippen LogP) is 0.598. The lowest BCUT2D eigenvalue weighted by Gasteiger charge is -2.39. The third-order valence-electron chi connectivity index (χ3n) is 3.09. The Balaban J connectivity index is 1.65. The highest BCUT2D eigenvalue weighted by molar-refractivity contribution is 5.22. The average molecular weight is 254 g/mol. The largest absolute Gasteiger partial charge is 0.488 e. The lowest BCUT2D eigenvalue weighted by molar-refractivity contribution is 0.0174. The van der Waals surface area contributed by atoms with E-state index in [-0.39, 0.29) is 24.6 Å². The van der Waals surface area contributed by atoms with Crippen LogP contribution >= 0.6 is 0 Å². The molecule has 18 heavy (non-hydrogen) atoms. The molecule has 0 aromatic heterocycles. The van der Waals surface area contributed by atoms with Gasteiger partial charge in [-0.25, -0.2) is 4.39 Å². The monoisotopic (exact) mass is 254 g/mol. The van der Waals surface area contributed by atoms with Gasteiger partial charge in [0.15, 0.2) is 0 Å². The number of hydrogen-bond donors (Lipinski definition) is 2. The SMILES string of the molecule is N[C@H](CO)CCN1CC(Oc2ccc(F)cc2)C1. The fourth-order valence-electron chi connectivity index (χ4n) is 1.92. The molecule has 0 saturated carbocycles. The van der Waals surface area contributed by atoms with E-state index in [1.165, 1.54) is 12.1 Å². The molecule has 1 aromatic carbocycles. The van der Waals surface area contributed by atoms with Crippen LogP contribution in [0.3, 0.4) is 0 Å². The second-order valence-electron chi connectivity index (χ2n) is 4.68. The maximum atomic E-state index is 12.7. The highest BCUT2D eigenvalue weighted by Crippen LogP contribution is 2.18. The van der Waals surface area contributed by atoms with Gasteiger partial charge in [0.25, 0.3) is 0 Å². The summed E-state index contributed by atoms with van der Waals surface area (Å²) in [5.74, 6) is 0.448. The van der Waals surface area contributed by atoms with Gasteiger partial charge in [0, 0.05) is 25.7 Å². The molecule has 5 heteroatoms. The zero-order valence-electron chi connectivity index (χ0n) is 10.3. The summed E-state index contributed by atoms with van der Waals surface area (Å²) in [6.45, 7) is 2.62. The van der Waals surface area contributed by atoms with Crippen molar-refractivity contribution >= 4 is 0 Å². The molecule has 4 nitrogen and oxygen atoms in total. The molecule has 2 rings (SSSR count). The fraction of sp³-hybridized carbons (Fsp3) is 0.538. The van der Waals surface area contributed by atoms with Crippen LogP contribution in [-0.2, 0) is 0 Å². The van der Waals surface area contributed by atoms with E-state index in [1.807, 2.05) is 0 Å². The molecule has 0 radical (unpaired) electrons. The first-order chi connectivity index (χ1) is 8.67. The molecular weight excluding hydrogens is 235 g/mol. The van der Waals surface area contributed by atoms with E-state index >= 15 is 0 Å². The Labute approximate surface area is 106 Å². The molecule has 0 unspecified atom stereocenters. The minimum absolute atomic E-state index is 0.0311. The summed E-state index contributed by atoms with van der Waals surface area (Å²) in [5.41, 5.74) is 5.63. The predicted molar refractivity (Wildman–Crippen MR) is 66.9 cm³/mol. The van der Waals surface area contributed by atoms with E-state index in [9.17, 15) is 4.39 Å². The fourth-order valence-corrected chi connectivity index (χ4v) is 1.92. The zero-order chi connectivity index (χ0) is 13.0. The molecule has 1 atom stereocenters. The number of likely N-dealkylation sites (tertiary alicyclic amines) is 1. The second-order valence-corrected chi connectivity index (χ2v) is 4.68. The first-order valence-electron chi connectivity index (χ1n) is 6.18. The van der Waals surface area contributed by atoms with E-state index in [4.69, 9.17) is 15.6 Å². The van der Waals surface area contributed by atoms with Crippen LogP contribution in [-0.4, -0.2) is 48.4 Å². The summed E-state index contributed by atoms with van der Waals surface area (Å²) in [5, 5.41) is 8.81. The molecule has 1 aromatic rings. The maximum Gasteiger partial charge on any atom is 0.124 e. The molecule has 0 amide bonds. The maximum absolute atomic E-state index is 12.7. The molecule has 0 bridgehead atoms. The van der Waals surface area contributed by atoms with Gasteiger partial charge in [-0.3, -0.25) is 4.90 Å². The standard InChI is InChI=1S/C13H19FN2O2/c14-10-1-3-12(4-2-10)18-13-7-16(8-13)6-5-11(15)9-17/h1-4,11,13,17H,5-9,15H2/t11-/m0/s1. The van der Waals surface area contributed by atoms with Crippen LogP contribution in [0.2, 0.25) is 0 Å². The number of aliphatic hydroxyl groups is 1. The minimum Gasteiger partial charge on any atom is -0.488 e. The van der Waals surface area contributed by atoms with Crippen molar-refractivity contribution < 1.29 is 14.2 Å². The van der Waals surface area contributed by atoms with Crippen molar-refractivity contribution in [2.45, 2.75) is 18.6 Å². The molecule has 1 fully saturated rings. The van der Waals surface area contributed by atoms with Crippen LogP contribution < -0.4 is 10.5 Å². The summed E-state index contributed by atoms with van der Waals surface area (Å²) in [4.78, 5) is 2.23. The summed E-state index contributed by atoms with van der Waals surface area (Å²) in [6.07, 6.45) is 0.959. The number of nitrogens with zero attached hydrogens (tertiary/aromatic N) is 1. The van der Waals surface area contributed by atoms with Gasteiger partial charge in [-0.1, -0.05) is 0 Å². The van der Waals surface area contributed by atoms with Crippen molar-refractivity contribution in [3.63, 3.8) is 0 Å². The van der Waals surface area contributed by atoms with Gasteiger partial charge in [0.2, 0.25) is 0 Å². The van der Waals surface area contributed by atoms with Crippen LogP contribution in [0.5, 0.6) is 5.75 Å². The minimum atomic E-state index is -0.254. The normalized spacial score (nSPS) is 18.4. The topological polar surface area (TPSA) is 58.7 Å². The quantitative estimate of drug-likeness (QED) is 0.780. The first kappa shape index (κ1) is 13.3. The summed E-state index contributed by atoms with van der Waals surface area (Å²) in [7, 11) is 0. The van der Waals surface area contributed by atoms with E-state index in [0.29, 0.717) is 5.75 Å². The van der Waals surface area contributed by atoms with Gasteiger partial charge in [0.1, 0.15) is 17.7 Å². The molecule has 1 aliphatic rings. The van der Waals surface area contributed by atoms with E-state index in [2.05, 4.69) is 4.90 Å². The Morgan fingerprint density at radius 3 is 2.67 bits per heavy atom. The molecule has 3 N–H and O–H groups in total. The summed E-state index contributed by atoms with van der Waals surface area (Å²) < 4.78 is 18.4. The van der Waals surface area contributed by atoms with Crippen LogP contribution in [0, 0.1) is 5.82 Å². The second kappa shape index (κ2) is 6.13. The van der Waals surface area contributed by atoms with Gasteiger partial charge in [-0.2, -0.15) is 0 Å². The molecule has 0 aliphatic carbocycles. The summed E-state index contributed by atoms with van der Waals surface area (Å²) >= 11 is 0. The first-order valence-corrected chi connectivity index (χ1v) is 6.18. The molecular formula is C13H19FN2O2. The van der Waals surface area contributed by atoms with Gasteiger partial charge < -0.3 is 15.6 Å². The van der Waals surface area contributed by atoms with E-state index < -0.39 is 0 Å². The third-order valence-corrected chi connectivity index (χ3v) is 3.09. The Bertz CT molecular complexity index is 366. The Morgan fingerprint density at radius 1 is 1.39 bits per heavy atom. The molecule has 1 aliphatic heterocycles. The van der Waals surface area contributed by atoms with Crippen molar-refractivity contribution in [3.05, 3.63) is 30.1 Å².